The van der Waals surface area contributed by atoms with Gasteiger partial charge in [-0.25, -0.2) is 15.0 Å². The maximum Gasteiger partial charge on any atom is 0.387 e. The molecule has 0 aliphatic carbocycles. The molecular formula is C28H28F2N4O2S. The molecule has 0 saturated heterocycles. The van der Waals surface area contributed by atoms with Gasteiger partial charge in [0.1, 0.15) is 17.4 Å². The van der Waals surface area contributed by atoms with E-state index in [-0.39, 0.29) is 28.9 Å². The Balaban J connectivity index is 1.55. The van der Waals surface area contributed by atoms with Crippen LogP contribution in [-0.2, 0) is 0 Å². The number of alkyl halides is 2. The van der Waals surface area contributed by atoms with Crippen molar-refractivity contribution in [2.24, 2.45) is 0 Å². The Labute approximate surface area is 218 Å². The Hall–Kier alpha value is -3.04. The molecule has 2 aromatic heterocycles. The van der Waals surface area contributed by atoms with Crippen LogP contribution in [0.1, 0.15) is 69.2 Å². The lowest BCUT2D eigenvalue weighted by Crippen LogP contribution is -2.37. The summed E-state index contributed by atoms with van der Waals surface area (Å²) in [4.78, 5) is 14.9. The van der Waals surface area contributed by atoms with Gasteiger partial charge in [-0.1, -0.05) is 26.0 Å². The number of aliphatic hydroxyl groups is 1. The molecule has 2 aliphatic rings. The first-order valence-corrected chi connectivity index (χ1v) is 13.3. The maximum atomic E-state index is 13.4. The molecule has 0 spiro atoms. The van der Waals surface area contributed by atoms with Crippen LogP contribution >= 0.6 is 11.8 Å². The van der Waals surface area contributed by atoms with Crippen molar-refractivity contribution in [3.05, 3.63) is 66.0 Å². The van der Waals surface area contributed by atoms with E-state index in [0.717, 1.165) is 44.3 Å². The van der Waals surface area contributed by atoms with Gasteiger partial charge in [-0.3, -0.25) is 0 Å². The monoisotopic (exact) mass is 522 g/mol. The maximum absolute atomic E-state index is 13.4. The fraction of sp³-hybridized carbons (Fsp3) is 0.393. The van der Waals surface area contributed by atoms with E-state index in [0.29, 0.717) is 6.42 Å². The quantitative estimate of drug-likeness (QED) is 0.321. The van der Waals surface area contributed by atoms with E-state index in [9.17, 15) is 13.9 Å². The normalized spacial score (nSPS) is 20.8. The molecule has 0 radical (unpaired) electrons. The average Bonchev–Trinajstić information content (AvgIpc) is 3.32. The van der Waals surface area contributed by atoms with Gasteiger partial charge in [-0.2, -0.15) is 8.78 Å². The van der Waals surface area contributed by atoms with Crippen LogP contribution in [0.15, 0.2) is 53.7 Å². The molecule has 2 aromatic carbocycles. The molecule has 37 heavy (non-hydrogen) atoms. The topological polar surface area (TPSA) is 73.1 Å². The molecule has 2 aliphatic heterocycles. The van der Waals surface area contributed by atoms with Gasteiger partial charge >= 0.3 is 6.61 Å². The van der Waals surface area contributed by atoms with Crippen molar-refractivity contribution in [1.82, 2.24) is 19.5 Å². The summed E-state index contributed by atoms with van der Waals surface area (Å²) in [5.41, 5.74) is 3.28. The third-order valence-electron chi connectivity index (χ3n) is 7.25. The molecule has 4 heterocycles. The van der Waals surface area contributed by atoms with Crippen LogP contribution in [-0.4, -0.2) is 42.1 Å². The van der Waals surface area contributed by atoms with Crippen molar-refractivity contribution in [3.8, 4) is 16.9 Å². The summed E-state index contributed by atoms with van der Waals surface area (Å²) in [5.74, 6) is 2.00. The van der Waals surface area contributed by atoms with Crippen molar-refractivity contribution in [2.75, 3.05) is 0 Å². The highest BCUT2D eigenvalue weighted by atomic mass is 32.2. The molecule has 3 atom stereocenters. The predicted octanol–water partition coefficient (Wildman–Crippen LogP) is 6.54. The van der Waals surface area contributed by atoms with E-state index >= 15 is 0 Å². The van der Waals surface area contributed by atoms with E-state index in [4.69, 9.17) is 9.72 Å². The van der Waals surface area contributed by atoms with Crippen LogP contribution in [0.25, 0.3) is 22.2 Å². The van der Waals surface area contributed by atoms with Crippen molar-refractivity contribution in [1.29, 1.82) is 0 Å². The Kier molecular flexibility index (Phi) is 5.76. The highest BCUT2D eigenvalue weighted by Gasteiger charge is 2.48. The van der Waals surface area contributed by atoms with E-state index in [1.165, 1.54) is 11.8 Å². The fourth-order valence-corrected chi connectivity index (χ4v) is 7.11. The third-order valence-corrected chi connectivity index (χ3v) is 9.02. The molecule has 0 fully saturated rings. The lowest BCUT2D eigenvalue weighted by Gasteiger charge is -2.32. The Morgan fingerprint density at radius 2 is 1.86 bits per heavy atom. The number of aromatic nitrogens is 4. The molecule has 6 rings (SSSR count). The van der Waals surface area contributed by atoms with E-state index < -0.39 is 12.2 Å². The number of imidazole rings is 1. The fourth-order valence-electron chi connectivity index (χ4n) is 5.63. The van der Waals surface area contributed by atoms with Crippen LogP contribution in [0, 0.1) is 0 Å². The zero-order chi connectivity index (χ0) is 26.1. The molecule has 6 nitrogen and oxygen atoms in total. The van der Waals surface area contributed by atoms with Gasteiger partial charge in [0.15, 0.2) is 0 Å². The Bertz CT molecular complexity index is 1480. The summed E-state index contributed by atoms with van der Waals surface area (Å²) in [6.07, 6.45) is 4.31. The second-order valence-electron chi connectivity index (χ2n) is 10.6. The highest BCUT2D eigenvalue weighted by molar-refractivity contribution is 8.00. The number of rotatable bonds is 5. The van der Waals surface area contributed by atoms with Crippen molar-refractivity contribution >= 4 is 22.8 Å². The number of benzene rings is 2. The van der Waals surface area contributed by atoms with Gasteiger partial charge in [0, 0.05) is 45.5 Å². The van der Waals surface area contributed by atoms with Gasteiger partial charge in [-0.15, -0.1) is 11.8 Å². The molecule has 0 saturated carbocycles. The van der Waals surface area contributed by atoms with Crippen molar-refractivity contribution < 1.29 is 18.6 Å². The molecule has 1 N–H and O–H groups in total. The molecule has 0 unspecified atom stereocenters. The van der Waals surface area contributed by atoms with Crippen LogP contribution in [0.4, 0.5) is 8.78 Å². The minimum Gasteiger partial charge on any atom is -0.434 e. The van der Waals surface area contributed by atoms with Gasteiger partial charge in [0.05, 0.1) is 22.7 Å². The Morgan fingerprint density at radius 1 is 1.11 bits per heavy atom. The Morgan fingerprint density at radius 3 is 2.54 bits per heavy atom. The third kappa shape index (κ3) is 4.08. The predicted molar refractivity (Wildman–Crippen MR) is 139 cm³/mol. The van der Waals surface area contributed by atoms with E-state index in [1.54, 1.807) is 26.0 Å². The number of halogens is 2. The first-order chi connectivity index (χ1) is 17.6. The molecule has 9 heteroatoms. The minimum absolute atomic E-state index is 0.0636. The summed E-state index contributed by atoms with van der Waals surface area (Å²) in [7, 11) is 0. The standard InChI is InChI=1S/C28H28F2N4O2S/c1-14(2)25-31-12-16(13-32-25)15-8-9-18-19(10-15)34-20-11-17(26(34)33-18)24(28(3,4)35)37-22-7-5-6-21(23(20)22)36-27(29)30/h5-10,12-14,17,20,24,27,35H,11H2,1-4H3/t17-,20-,24+/m0/s1. The van der Waals surface area contributed by atoms with Crippen molar-refractivity contribution in [2.45, 2.75) is 74.4 Å². The van der Waals surface area contributed by atoms with Crippen LogP contribution in [0.2, 0.25) is 0 Å². The molecule has 2 bridgehead atoms. The van der Waals surface area contributed by atoms with Crippen LogP contribution < -0.4 is 4.74 Å². The number of fused-ring (bicyclic) bond motifs is 9. The summed E-state index contributed by atoms with van der Waals surface area (Å²) in [6.45, 7) is 4.78. The number of thioether (sulfide) groups is 1. The van der Waals surface area contributed by atoms with Crippen LogP contribution in [0.3, 0.4) is 0 Å². The molecule has 0 amide bonds. The van der Waals surface area contributed by atoms with Crippen LogP contribution in [0.5, 0.6) is 5.75 Å². The highest BCUT2D eigenvalue weighted by Crippen LogP contribution is 2.57. The van der Waals surface area contributed by atoms with Gasteiger partial charge in [0.2, 0.25) is 0 Å². The average molecular weight is 523 g/mol. The van der Waals surface area contributed by atoms with Gasteiger partial charge in [-0.05, 0) is 50.1 Å². The summed E-state index contributed by atoms with van der Waals surface area (Å²) in [6, 6.07) is 11.1. The number of hydrogen-bond donors (Lipinski definition) is 1. The van der Waals surface area contributed by atoms with Gasteiger partial charge < -0.3 is 14.4 Å². The SMILES string of the molecule is CC(C)c1ncc(-c2ccc3nc4n(c3c2)[C@H]2C[C@H]4[C@H](C(C)(C)O)Sc3cccc(OC(F)F)c32)cn1. The van der Waals surface area contributed by atoms with E-state index in [1.807, 2.05) is 30.6 Å². The molecule has 4 aromatic rings. The largest absolute Gasteiger partial charge is 0.434 e. The molecular weight excluding hydrogens is 494 g/mol. The first-order valence-electron chi connectivity index (χ1n) is 12.4. The zero-order valence-electron chi connectivity index (χ0n) is 21.0. The zero-order valence-corrected chi connectivity index (χ0v) is 21.8. The lowest BCUT2D eigenvalue weighted by atomic mass is 9.88. The lowest BCUT2D eigenvalue weighted by molar-refractivity contribution is -0.0508. The minimum atomic E-state index is -2.93. The second-order valence-corrected chi connectivity index (χ2v) is 11.8. The first kappa shape index (κ1) is 24.3. The number of ether oxygens (including phenoxy) is 1. The summed E-state index contributed by atoms with van der Waals surface area (Å²) >= 11 is 1.52. The summed E-state index contributed by atoms with van der Waals surface area (Å²) in [5, 5.41) is 10.9. The molecule has 192 valence electrons. The number of hydrogen-bond acceptors (Lipinski definition) is 6. The smallest absolute Gasteiger partial charge is 0.387 e. The second kappa shape index (κ2) is 8.77. The van der Waals surface area contributed by atoms with Crippen molar-refractivity contribution in [3.63, 3.8) is 0 Å². The van der Waals surface area contributed by atoms with Gasteiger partial charge in [0.25, 0.3) is 0 Å². The van der Waals surface area contributed by atoms with E-state index in [2.05, 4.69) is 34.4 Å². The number of nitrogens with zero attached hydrogens (tertiary/aromatic N) is 4. The summed E-state index contributed by atoms with van der Waals surface area (Å²) < 4.78 is 34.0.